The van der Waals surface area contributed by atoms with E-state index in [0.717, 1.165) is 11.6 Å². The average Bonchev–Trinajstić information content (AvgIpc) is 2.78. The van der Waals surface area contributed by atoms with Crippen LogP contribution < -0.4 is 16.5 Å². The molecule has 174 valence electrons. The molecule has 0 saturated carbocycles. The summed E-state index contributed by atoms with van der Waals surface area (Å²) < 4.78 is 48.8. The van der Waals surface area contributed by atoms with Gasteiger partial charge in [0.05, 0.1) is 22.6 Å². The van der Waals surface area contributed by atoms with Crippen LogP contribution >= 0.6 is 0 Å². The lowest BCUT2D eigenvalue weighted by atomic mass is 9.98. The molecule has 0 fully saturated rings. The third-order valence-electron chi connectivity index (χ3n) is 5.71. The molecule has 1 heterocycles. The van der Waals surface area contributed by atoms with Gasteiger partial charge in [0, 0.05) is 16.8 Å². The summed E-state index contributed by atoms with van der Waals surface area (Å²) in [5.74, 6) is -3.32. The summed E-state index contributed by atoms with van der Waals surface area (Å²) >= 11 is 0. The van der Waals surface area contributed by atoms with Crippen molar-refractivity contribution in [1.29, 1.82) is 5.41 Å². The number of nitrogen functional groups attached to an aromatic ring is 1. The van der Waals surface area contributed by atoms with E-state index in [1.807, 2.05) is 6.92 Å². The molecule has 3 aromatic carbocycles. The first-order chi connectivity index (χ1) is 16.1. The van der Waals surface area contributed by atoms with E-state index in [-0.39, 0.29) is 38.8 Å². The average molecular weight is 465 g/mol. The van der Waals surface area contributed by atoms with Gasteiger partial charge in [-0.1, -0.05) is 18.2 Å². The number of nitrogens with two attached hydrogens (primary N) is 1. The zero-order chi connectivity index (χ0) is 24.7. The van der Waals surface area contributed by atoms with E-state index in [2.05, 4.69) is 5.32 Å². The second-order valence-electron chi connectivity index (χ2n) is 8.16. The van der Waals surface area contributed by atoms with Crippen molar-refractivity contribution in [3.8, 4) is 11.3 Å². The fourth-order valence-corrected chi connectivity index (χ4v) is 4.05. The number of amidine groups is 1. The van der Waals surface area contributed by atoms with E-state index >= 15 is 0 Å². The molecule has 1 aromatic heterocycles. The van der Waals surface area contributed by atoms with Crippen LogP contribution in [0, 0.1) is 36.7 Å². The maximum Gasteiger partial charge on any atom is 0.196 e. The topological polar surface area (TPSA) is 92.1 Å². The highest BCUT2D eigenvalue weighted by atomic mass is 19.2. The van der Waals surface area contributed by atoms with E-state index < -0.39 is 29.3 Å². The molecular formula is C26H22F3N3O2. The first-order valence-electron chi connectivity index (χ1n) is 10.5. The Morgan fingerprint density at radius 2 is 1.74 bits per heavy atom. The molecule has 0 aliphatic carbocycles. The van der Waals surface area contributed by atoms with Crippen molar-refractivity contribution in [2.24, 2.45) is 5.73 Å². The Hall–Kier alpha value is -4.07. The zero-order valence-corrected chi connectivity index (χ0v) is 18.7. The molecule has 0 radical (unpaired) electrons. The molecule has 4 rings (SSSR count). The Balaban J connectivity index is 1.93. The van der Waals surface area contributed by atoms with Crippen LogP contribution in [0.2, 0.25) is 0 Å². The minimum Gasteiger partial charge on any atom is -0.455 e. The van der Waals surface area contributed by atoms with Gasteiger partial charge in [-0.05, 0) is 56.7 Å². The summed E-state index contributed by atoms with van der Waals surface area (Å²) in [6.45, 7) is 5.08. The van der Waals surface area contributed by atoms with Gasteiger partial charge in [-0.3, -0.25) is 10.2 Å². The molecule has 0 aliphatic heterocycles. The largest absolute Gasteiger partial charge is 0.455 e. The van der Waals surface area contributed by atoms with Crippen LogP contribution in [0.5, 0.6) is 0 Å². The molecule has 0 unspecified atom stereocenters. The highest BCUT2D eigenvalue weighted by Gasteiger charge is 2.22. The Kier molecular flexibility index (Phi) is 5.91. The van der Waals surface area contributed by atoms with Crippen LogP contribution in [0.1, 0.15) is 35.2 Å². The number of hydrogen-bond acceptors (Lipinski definition) is 4. The van der Waals surface area contributed by atoms with Crippen molar-refractivity contribution in [2.45, 2.75) is 26.8 Å². The molecule has 1 atom stereocenters. The normalized spacial score (nSPS) is 12.1. The Labute approximate surface area is 193 Å². The molecule has 34 heavy (non-hydrogen) atoms. The predicted molar refractivity (Wildman–Crippen MR) is 127 cm³/mol. The fourth-order valence-electron chi connectivity index (χ4n) is 4.05. The Morgan fingerprint density at radius 3 is 2.44 bits per heavy atom. The summed E-state index contributed by atoms with van der Waals surface area (Å²) in [7, 11) is 0. The monoisotopic (exact) mass is 465 g/mol. The molecule has 4 N–H and O–H groups in total. The van der Waals surface area contributed by atoms with Crippen molar-refractivity contribution in [2.75, 3.05) is 5.32 Å². The molecular weight excluding hydrogens is 443 g/mol. The van der Waals surface area contributed by atoms with Gasteiger partial charge in [0.1, 0.15) is 23.0 Å². The smallest absolute Gasteiger partial charge is 0.196 e. The van der Waals surface area contributed by atoms with E-state index in [9.17, 15) is 18.0 Å². The number of anilines is 1. The van der Waals surface area contributed by atoms with E-state index in [1.165, 1.54) is 31.2 Å². The number of nitrogens with one attached hydrogen (secondary N) is 2. The lowest BCUT2D eigenvalue weighted by Crippen LogP contribution is -2.18. The zero-order valence-electron chi connectivity index (χ0n) is 18.7. The van der Waals surface area contributed by atoms with Gasteiger partial charge in [-0.15, -0.1) is 0 Å². The number of rotatable bonds is 5. The third-order valence-corrected chi connectivity index (χ3v) is 5.71. The highest BCUT2D eigenvalue weighted by Crippen LogP contribution is 2.34. The standard InChI is InChI=1S/C26H22F3N3O2/c1-12-10-16(14(3)32-20-9-5-7-18(27)21(20)26(30)31)25-17(11-12)23(33)13(2)24(34-25)15-6-4-8-19(28)22(15)29/h4-11,14,32H,1-3H3,(H3,30,31)/t14-/m1/s1. The van der Waals surface area contributed by atoms with Crippen LogP contribution in [-0.4, -0.2) is 5.84 Å². The quantitative estimate of drug-likeness (QED) is 0.251. The van der Waals surface area contributed by atoms with E-state index in [1.54, 1.807) is 25.1 Å². The van der Waals surface area contributed by atoms with E-state index in [0.29, 0.717) is 11.3 Å². The molecule has 0 bridgehead atoms. The van der Waals surface area contributed by atoms with Crippen molar-refractivity contribution < 1.29 is 17.6 Å². The maximum atomic E-state index is 14.6. The molecule has 4 aromatic rings. The minimum absolute atomic E-state index is 0.0676. The summed E-state index contributed by atoms with van der Waals surface area (Å²) in [6.07, 6.45) is 0. The second kappa shape index (κ2) is 8.70. The Bertz CT molecular complexity index is 1510. The summed E-state index contributed by atoms with van der Waals surface area (Å²) in [4.78, 5) is 13.2. The molecule has 5 nitrogen and oxygen atoms in total. The molecule has 8 heteroatoms. The molecule has 0 saturated heterocycles. The number of aryl methyl sites for hydroxylation is 1. The third kappa shape index (κ3) is 3.91. The summed E-state index contributed by atoms with van der Waals surface area (Å²) in [5.41, 5.74) is 6.92. The van der Waals surface area contributed by atoms with Gasteiger partial charge < -0.3 is 15.5 Å². The van der Waals surface area contributed by atoms with Crippen LogP contribution in [0.3, 0.4) is 0 Å². The SMILES string of the molecule is Cc1cc([C@@H](C)Nc2cccc(F)c2C(=N)N)c2oc(-c3cccc(F)c3F)c(C)c(=O)c2c1. The van der Waals surface area contributed by atoms with Crippen LogP contribution in [0.4, 0.5) is 18.9 Å². The van der Waals surface area contributed by atoms with Crippen molar-refractivity contribution >= 4 is 22.5 Å². The number of benzene rings is 3. The summed E-state index contributed by atoms with van der Waals surface area (Å²) in [6, 6.07) is 10.9. The van der Waals surface area contributed by atoms with Crippen LogP contribution in [-0.2, 0) is 0 Å². The fraction of sp³-hybridized carbons (Fsp3) is 0.154. The molecule has 0 aliphatic rings. The van der Waals surface area contributed by atoms with Crippen molar-refractivity contribution in [1.82, 2.24) is 0 Å². The lowest BCUT2D eigenvalue weighted by Gasteiger charge is -2.20. The van der Waals surface area contributed by atoms with E-state index in [4.69, 9.17) is 15.6 Å². The number of fused-ring (bicyclic) bond motifs is 1. The lowest BCUT2D eigenvalue weighted by molar-refractivity contribution is 0.505. The molecule has 0 spiro atoms. The van der Waals surface area contributed by atoms with Gasteiger partial charge in [-0.2, -0.15) is 0 Å². The highest BCUT2D eigenvalue weighted by molar-refractivity contribution is 6.00. The van der Waals surface area contributed by atoms with Gasteiger partial charge in [0.25, 0.3) is 0 Å². The molecule has 0 amide bonds. The van der Waals surface area contributed by atoms with Crippen LogP contribution in [0.15, 0.2) is 57.7 Å². The first-order valence-corrected chi connectivity index (χ1v) is 10.5. The summed E-state index contributed by atoms with van der Waals surface area (Å²) in [5, 5.41) is 11.1. The van der Waals surface area contributed by atoms with Crippen molar-refractivity contribution in [3.05, 3.63) is 98.5 Å². The van der Waals surface area contributed by atoms with Gasteiger partial charge in [0.15, 0.2) is 17.1 Å². The minimum atomic E-state index is -1.11. The van der Waals surface area contributed by atoms with Gasteiger partial charge in [-0.25, -0.2) is 13.2 Å². The second-order valence-corrected chi connectivity index (χ2v) is 8.16. The first kappa shape index (κ1) is 23.1. The maximum absolute atomic E-state index is 14.6. The number of halogens is 3. The van der Waals surface area contributed by atoms with Gasteiger partial charge >= 0.3 is 0 Å². The Morgan fingerprint density at radius 1 is 1.06 bits per heavy atom. The van der Waals surface area contributed by atoms with Crippen LogP contribution in [0.25, 0.3) is 22.3 Å². The number of hydrogen-bond donors (Lipinski definition) is 3. The van der Waals surface area contributed by atoms with Gasteiger partial charge in [0.2, 0.25) is 0 Å². The predicted octanol–water partition coefficient (Wildman–Crippen LogP) is 5.95. The van der Waals surface area contributed by atoms with Crippen molar-refractivity contribution in [3.63, 3.8) is 0 Å².